The molecule has 4 nitrogen and oxygen atoms in total. The van der Waals surface area contributed by atoms with E-state index in [9.17, 15) is 12.8 Å². The standard InChI is InChI=1S/C17H20ClFN2O2S/c1-10(2)12-4-15(19)17(14-6-20-16(18)5-13(12)14)21-7-11(8-21)9-24(3,22)23/h4-6,10-11H,7-9H2,1-3H3. The van der Waals surface area contributed by atoms with E-state index >= 15 is 0 Å². The number of rotatable bonds is 4. The fraction of sp³-hybridized carbons (Fsp3) is 0.471. The lowest BCUT2D eigenvalue weighted by atomic mass is 9.93. The monoisotopic (exact) mass is 370 g/mol. The van der Waals surface area contributed by atoms with Crippen molar-refractivity contribution < 1.29 is 12.8 Å². The van der Waals surface area contributed by atoms with Crippen molar-refractivity contribution in [2.75, 3.05) is 30.0 Å². The van der Waals surface area contributed by atoms with E-state index in [0.29, 0.717) is 23.9 Å². The average Bonchev–Trinajstić information content (AvgIpc) is 2.41. The lowest BCUT2D eigenvalue weighted by molar-refractivity contribution is 0.438. The van der Waals surface area contributed by atoms with Gasteiger partial charge in [-0.1, -0.05) is 25.4 Å². The molecule has 7 heteroatoms. The number of aromatic nitrogens is 1. The Morgan fingerprint density at radius 2 is 2.00 bits per heavy atom. The van der Waals surface area contributed by atoms with Gasteiger partial charge in [0, 0.05) is 36.8 Å². The summed E-state index contributed by atoms with van der Waals surface area (Å²) in [6, 6.07) is 3.32. The quantitative estimate of drug-likeness (QED) is 0.771. The lowest BCUT2D eigenvalue weighted by Gasteiger charge is -2.41. The molecule has 0 saturated carbocycles. The second-order valence-corrected chi connectivity index (χ2v) is 9.44. The van der Waals surface area contributed by atoms with Gasteiger partial charge in [0.1, 0.15) is 20.8 Å². The fourth-order valence-corrected chi connectivity index (χ4v) is 4.58. The highest BCUT2D eigenvalue weighted by atomic mass is 35.5. The molecule has 0 unspecified atom stereocenters. The van der Waals surface area contributed by atoms with E-state index in [1.165, 1.54) is 6.26 Å². The lowest BCUT2D eigenvalue weighted by Crippen LogP contribution is -2.50. The first-order valence-corrected chi connectivity index (χ1v) is 10.3. The smallest absolute Gasteiger partial charge is 0.147 e. The predicted octanol–water partition coefficient (Wildman–Crippen LogP) is 3.63. The van der Waals surface area contributed by atoms with E-state index in [1.54, 1.807) is 18.3 Å². The minimum atomic E-state index is -3.02. The molecule has 1 aliphatic rings. The largest absolute Gasteiger partial charge is 0.368 e. The van der Waals surface area contributed by atoms with Crippen LogP contribution in [0.5, 0.6) is 0 Å². The van der Waals surface area contributed by atoms with Gasteiger partial charge >= 0.3 is 0 Å². The molecule has 0 spiro atoms. The van der Waals surface area contributed by atoms with Crippen LogP contribution in [0.1, 0.15) is 25.3 Å². The van der Waals surface area contributed by atoms with Crippen LogP contribution in [0.15, 0.2) is 18.3 Å². The minimum Gasteiger partial charge on any atom is -0.368 e. The van der Waals surface area contributed by atoms with Crippen molar-refractivity contribution in [1.29, 1.82) is 0 Å². The first-order chi connectivity index (χ1) is 11.2. The van der Waals surface area contributed by atoms with Gasteiger partial charge in [0.25, 0.3) is 0 Å². The SMILES string of the molecule is CC(C)c1cc(F)c(N2CC(CS(C)(=O)=O)C2)c2cnc(Cl)cc12. The molecule has 1 aromatic heterocycles. The Hall–Kier alpha value is -1.40. The maximum atomic E-state index is 14.8. The summed E-state index contributed by atoms with van der Waals surface area (Å²) in [6.45, 7) is 5.08. The van der Waals surface area contributed by atoms with Crippen LogP contribution in [0.2, 0.25) is 5.15 Å². The molecule has 3 rings (SSSR count). The normalized spacial score (nSPS) is 16.0. The van der Waals surface area contributed by atoms with Crippen LogP contribution < -0.4 is 4.90 Å². The van der Waals surface area contributed by atoms with Gasteiger partial charge in [-0.25, -0.2) is 17.8 Å². The number of halogens is 2. The van der Waals surface area contributed by atoms with Gasteiger partial charge in [-0.05, 0) is 29.0 Å². The number of fused-ring (bicyclic) bond motifs is 1. The fourth-order valence-electron chi connectivity index (χ4n) is 3.35. The van der Waals surface area contributed by atoms with Gasteiger partial charge < -0.3 is 4.90 Å². The van der Waals surface area contributed by atoms with Crippen LogP contribution in [0.4, 0.5) is 10.1 Å². The van der Waals surface area contributed by atoms with Crippen molar-refractivity contribution in [3.05, 3.63) is 34.9 Å². The Morgan fingerprint density at radius 1 is 1.33 bits per heavy atom. The summed E-state index contributed by atoms with van der Waals surface area (Å²) < 4.78 is 37.6. The van der Waals surface area contributed by atoms with Gasteiger partial charge in [0.2, 0.25) is 0 Å². The summed E-state index contributed by atoms with van der Waals surface area (Å²) in [5.74, 6) is 0.0357. The van der Waals surface area contributed by atoms with Crippen LogP contribution in [0.3, 0.4) is 0 Å². The Kier molecular flexibility index (Phi) is 4.47. The predicted molar refractivity (Wildman–Crippen MR) is 96.2 cm³/mol. The third-order valence-electron chi connectivity index (χ3n) is 4.38. The second kappa shape index (κ2) is 6.15. The van der Waals surface area contributed by atoms with Crippen molar-refractivity contribution in [2.45, 2.75) is 19.8 Å². The summed E-state index contributed by atoms with van der Waals surface area (Å²) >= 11 is 6.03. The molecule has 0 amide bonds. The van der Waals surface area contributed by atoms with Crippen molar-refractivity contribution in [3.63, 3.8) is 0 Å². The van der Waals surface area contributed by atoms with Crippen LogP contribution in [0.25, 0.3) is 10.8 Å². The maximum Gasteiger partial charge on any atom is 0.147 e. The molecule has 1 saturated heterocycles. The van der Waals surface area contributed by atoms with E-state index in [-0.39, 0.29) is 23.4 Å². The summed E-state index contributed by atoms with van der Waals surface area (Å²) in [5, 5.41) is 1.99. The minimum absolute atomic E-state index is 0.0412. The van der Waals surface area contributed by atoms with Crippen molar-refractivity contribution in [3.8, 4) is 0 Å². The molecule has 24 heavy (non-hydrogen) atoms. The molecular weight excluding hydrogens is 351 g/mol. The van der Waals surface area contributed by atoms with E-state index in [0.717, 1.165) is 16.3 Å². The first-order valence-electron chi connectivity index (χ1n) is 7.86. The molecule has 2 aromatic rings. The van der Waals surface area contributed by atoms with Crippen molar-refractivity contribution >= 4 is 37.9 Å². The Morgan fingerprint density at radius 3 is 2.58 bits per heavy atom. The van der Waals surface area contributed by atoms with Crippen LogP contribution in [0, 0.1) is 11.7 Å². The van der Waals surface area contributed by atoms with Crippen LogP contribution >= 0.6 is 11.6 Å². The average molecular weight is 371 g/mol. The molecule has 1 aliphatic heterocycles. The second-order valence-electron chi connectivity index (χ2n) is 6.87. The molecule has 0 radical (unpaired) electrons. The molecule has 0 atom stereocenters. The molecule has 2 heterocycles. The summed E-state index contributed by atoms with van der Waals surface area (Å²) in [7, 11) is -3.02. The molecular formula is C17H20ClFN2O2S. The highest BCUT2D eigenvalue weighted by molar-refractivity contribution is 7.90. The van der Waals surface area contributed by atoms with Gasteiger partial charge in [0.15, 0.2) is 0 Å². The van der Waals surface area contributed by atoms with E-state index in [1.807, 2.05) is 18.7 Å². The van der Waals surface area contributed by atoms with Crippen LogP contribution in [-0.2, 0) is 9.84 Å². The number of anilines is 1. The maximum absolute atomic E-state index is 14.8. The van der Waals surface area contributed by atoms with Crippen molar-refractivity contribution in [2.24, 2.45) is 5.92 Å². The number of pyridine rings is 1. The topological polar surface area (TPSA) is 50.3 Å². The van der Waals surface area contributed by atoms with Crippen LogP contribution in [-0.4, -0.2) is 38.5 Å². The number of nitrogens with zero attached hydrogens (tertiary/aromatic N) is 2. The molecule has 1 fully saturated rings. The van der Waals surface area contributed by atoms with E-state index in [2.05, 4.69) is 4.98 Å². The van der Waals surface area contributed by atoms with Gasteiger partial charge in [-0.2, -0.15) is 0 Å². The van der Waals surface area contributed by atoms with Crippen molar-refractivity contribution in [1.82, 2.24) is 4.98 Å². The van der Waals surface area contributed by atoms with Gasteiger partial charge in [-0.15, -0.1) is 0 Å². The third kappa shape index (κ3) is 3.35. The highest BCUT2D eigenvalue weighted by Gasteiger charge is 2.32. The highest BCUT2D eigenvalue weighted by Crippen LogP contribution is 2.38. The zero-order valence-corrected chi connectivity index (χ0v) is 15.5. The third-order valence-corrected chi connectivity index (χ3v) is 5.66. The molecule has 0 N–H and O–H groups in total. The number of hydrogen-bond donors (Lipinski definition) is 0. The number of sulfone groups is 1. The molecule has 0 aliphatic carbocycles. The zero-order chi connectivity index (χ0) is 17.6. The summed E-state index contributed by atoms with van der Waals surface area (Å²) in [6.07, 6.45) is 2.83. The Bertz CT molecular complexity index is 893. The molecule has 1 aromatic carbocycles. The van der Waals surface area contributed by atoms with E-state index in [4.69, 9.17) is 11.6 Å². The van der Waals surface area contributed by atoms with Gasteiger partial charge in [0.05, 0.1) is 11.4 Å². The van der Waals surface area contributed by atoms with Gasteiger partial charge in [-0.3, -0.25) is 0 Å². The molecule has 130 valence electrons. The zero-order valence-electron chi connectivity index (χ0n) is 13.9. The Balaban J connectivity index is 2.01. The first kappa shape index (κ1) is 17.4. The summed E-state index contributed by atoms with van der Waals surface area (Å²) in [5.41, 5.74) is 1.38. The summed E-state index contributed by atoms with van der Waals surface area (Å²) in [4.78, 5) is 5.99. The number of hydrogen-bond acceptors (Lipinski definition) is 4. The number of benzene rings is 1. The molecule has 0 bridgehead atoms. The Labute approximate surface area is 146 Å². The van der Waals surface area contributed by atoms with E-state index < -0.39 is 9.84 Å².